The third-order valence-corrected chi connectivity index (χ3v) is 4.28. The molecule has 1 aliphatic heterocycles. The molecular formula is C17H23N5O. The van der Waals surface area contributed by atoms with Gasteiger partial charge in [0.25, 0.3) is 0 Å². The van der Waals surface area contributed by atoms with Crippen LogP contribution in [0.15, 0.2) is 30.3 Å². The van der Waals surface area contributed by atoms with Gasteiger partial charge in [-0.05, 0) is 18.1 Å². The van der Waals surface area contributed by atoms with Crippen LogP contribution in [-0.2, 0) is 20.0 Å². The summed E-state index contributed by atoms with van der Waals surface area (Å²) in [5, 5.41) is 7.35. The van der Waals surface area contributed by atoms with Gasteiger partial charge in [0.2, 0.25) is 0 Å². The first-order valence-electron chi connectivity index (χ1n) is 7.96. The van der Waals surface area contributed by atoms with Crippen molar-refractivity contribution in [3.8, 4) is 0 Å². The van der Waals surface area contributed by atoms with E-state index in [1.165, 1.54) is 11.3 Å². The minimum Gasteiger partial charge on any atom is -0.373 e. The number of hydrogen-bond donors (Lipinski definition) is 1. The molecule has 2 heterocycles. The molecule has 0 atom stereocenters. The maximum Gasteiger partial charge on any atom is 0.323 e. The summed E-state index contributed by atoms with van der Waals surface area (Å²) < 4.78 is 1.72. The number of urea groups is 1. The maximum atomic E-state index is 12.6. The number of aromatic nitrogens is 2. The highest BCUT2D eigenvalue weighted by Gasteiger charge is 2.21. The zero-order valence-electron chi connectivity index (χ0n) is 13.9. The second-order valence-corrected chi connectivity index (χ2v) is 5.90. The van der Waals surface area contributed by atoms with E-state index in [0.29, 0.717) is 13.1 Å². The summed E-state index contributed by atoms with van der Waals surface area (Å²) in [7, 11) is 3.91. The number of fused-ring (bicyclic) bond motifs is 1. The van der Waals surface area contributed by atoms with Crippen molar-refractivity contribution in [3.05, 3.63) is 41.6 Å². The van der Waals surface area contributed by atoms with Gasteiger partial charge < -0.3 is 9.80 Å². The van der Waals surface area contributed by atoms with Gasteiger partial charge in [0.15, 0.2) is 0 Å². The Hall–Kier alpha value is -2.50. The van der Waals surface area contributed by atoms with Crippen LogP contribution in [0, 0.1) is 0 Å². The van der Waals surface area contributed by atoms with Gasteiger partial charge >= 0.3 is 6.03 Å². The van der Waals surface area contributed by atoms with Crippen LogP contribution < -0.4 is 10.2 Å². The van der Waals surface area contributed by atoms with Gasteiger partial charge in [-0.3, -0.25) is 10.00 Å². The lowest BCUT2D eigenvalue weighted by atomic mass is 10.1. The van der Waals surface area contributed by atoms with Gasteiger partial charge in [0.05, 0.1) is 5.69 Å². The van der Waals surface area contributed by atoms with Gasteiger partial charge in [-0.15, -0.1) is 0 Å². The Balaban J connectivity index is 1.76. The minimum atomic E-state index is -0.0826. The van der Waals surface area contributed by atoms with Crippen LogP contribution in [0.3, 0.4) is 0 Å². The fourth-order valence-corrected chi connectivity index (χ4v) is 2.87. The van der Waals surface area contributed by atoms with Crippen molar-refractivity contribution in [1.82, 2.24) is 14.7 Å². The van der Waals surface area contributed by atoms with Crippen molar-refractivity contribution in [2.75, 3.05) is 30.4 Å². The van der Waals surface area contributed by atoms with E-state index in [2.05, 4.69) is 41.4 Å². The zero-order valence-corrected chi connectivity index (χ0v) is 13.9. The number of para-hydroxylation sites is 1. The Bertz CT molecular complexity index is 709. The Morgan fingerprint density at radius 3 is 2.78 bits per heavy atom. The number of hydrogen-bond acceptors (Lipinski definition) is 3. The molecule has 2 amide bonds. The van der Waals surface area contributed by atoms with E-state index in [9.17, 15) is 4.79 Å². The van der Waals surface area contributed by atoms with E-state index < -0.39 is 0 Å². The molecule has 3 rings (SSSR count). The molecule has 6 heteroatoms. The topological polar surface area (TPSA) is 53.4 Å². The van der Waals surface area contributed by atoms with Crippen molar-refractivity contribution < 1.29 is 4.79 Å². The number of rotatable bonds is 2. The summed E-state index contributed by atoms with van der Waals surface area (Å²) in [6.07, 6.45) is 0.853. The van der Waals surface area contributed by atoms with E-state index in [-0.39, 0.29) is 6.03 Å². The molecule has 1 aromatic heterocycles. The molecule has 0 unspecified atom stereocenters. The van der Waals surface area contributed by atoms with E-state index in [1.807, 2.05) is 30.1 Å². The standard InChI is InChI=1S/C17H23N5O/c1-4-14-11-16(21(3)19-14)18-17(23)22-10-9-20(2)15-8-6-5-7-13(15)12-22/h5-8,11H,4,9-10,12H2,1-3H3,(H,18,23). The second kappa shape index (κ2) is 6.32. The molecule has 1 aromatic carbocycles. The van der Waals surface area contributed by atoms with Crippen molar-refractivity contribution >= 4 is 17.5 Å². The largest absolute Gasteiger partial charge is 0.373 e. The van der Waals surface area contributed by atoms with Gasteiger partial charge in [0.1, 0.15) is 5.82 Å². The Morgan fingerprint density at radius 1 is 1.26 bits per heavy atom. The Morgan fingerprint density at radius 2 is 2.04 bits per heavy atom. The third-order valence-electron chi connectivity index (χ3n) is 4.28. The van der Waals surface area contributed by atoms with E-state index in [4.69, 9.17) is 0 Å². The molecule has 122 valence electrons. The maximum absolute atomic E-state index is 12.6. The SMILES string of the molecule is CCc1cc(NC(=O)N2CCN(C)c3ccccc3C2)n(C)n1. The van der Waals surface area contributed by atoms with Gasteiger partial charge in [-0.2, -0.15) is 5.10 Å². The molecule has 0 radical (unpaired) electrons. The predicted molar refractivity (Wildman–Crippen MR) is 91.7 cm³/mol. The average Bonchev–Trinajstić information content (AvgIpc) is 2.81. The number of likely N-dealkylation sites (N-methyl/N-ethyl adjacent to an activating group) is 1. The van der Waals surface area contributed by atoms with E-state index >= 15 is 0 Å². The summed E-state index contributed by atoms with van der Waals surface area (Å²) in [5.74, 6) is 0.734. The van der Waals surface area contributed by atoms with Crippen molar-refractivity contribution in [2.45, 2.75) is 19.9 Å². The van der Waals surface area contributed by atoms with E-state index in [1.54, 1.807) is 4.68 Å². The van der Waals surface area contributed by atoms with Gasteiger partial charge in [0, 0.05) is 45.5 Å². The molecule has 2 aromatic rings. The van der Waals surface area contributed by atoms with Crippen LogP contribution in [0.2, 0.25) is 0 Å². The monoisotopic (exact) mass is 313 g/mol. The first-order valence-corrected chi connectivity index (χ1v) is 7.96. The first-order chi connectivity index (χ1) is 11.1. The third kappa shape index (κ3) is 3.16. The van der Waals surface area contributed by atoms with E-state index in [0.717, 1.165) is 24.5 Å². The van der Waals surface area contributed by atoms with Gasteiger partial charge in [-0.1, -0.05) is 25.1 Å². The molecule has 0 saturated carbocycles. The molecule has 1 aliphatic rings. The molecular weight excluding hydrogens is 290 g/mol. The predicted octanol–water partition coefficient (Wildman–Crippen LogP) is 2.47. The first kappa shape index (κ1) is 15.4. The van der Waals surface area contributed by atoms with Crippen LogP contribution in [-0.4, -0.2) is 40.8 Å². The quantitative estimate of drug-likeness (QED) is 0.926. The molecule has 0 bridgehead atoms. The number of aryl methyl sites for hydroxylation is 2. The number of nitrogens with one attached hydrogen (secondary N) is 1. The summed E-state index contributed by atoms with van der Waals surface area (Å²) in [6.45, 7) is 4.17. The number of nitrogens with zero attached hydrogens (tertiary/aromatic N) is 4. The fraction of sp³-hybridized carbons (Fsp3) is 0.412. The van der Waals surface area contributed by atoms with Gasteiger partial charge in [-0.25, -0.2) is 4.79 Å². The van der Waals surface area contributed by atoms with Crippen molar-refractivity contribution in [1.29, 1.82) is 0 Å². The zero-order chi connectivity index (χ0) is 16.4. The average molecular weight is 313 g/mol. The number of amides is 2. The highest BCUT2D eigenvalue weighted by Crippen LogP contribution is 2.24. The second-order valence-electron chi connectivity index (χ2n) is 5.90. The highest BCUT2D eigenvalue weighted by atomic mass is 16.2. The number of anilines is 2. The van der Waals surface area contributed by atoms with Crippen molar-refractivity contribution in [3.63, 3.8) is 0 Å². The number of carbonyl (C=O) groups is 1. The van der Waals surface area contributed by atoms with Crippen LogP contribution >= 0.6 is 0 Å². The molecule has 6 nitrogen and oxygen atoms in total. The Kier molecular flexibility index (Phi) is 4.23. The normalized spacial score (nSPS) is 14.4. The van der Waals surface area contributed by atoms with Crippen molar-refractivity contribution in [2.24, 2.45) is 7.05 Å². The molecule has 1 N–H and O–H groups in total. The van der Waals surface area contributed by atoms with Crippen LogP contribution in [0.4, 0.5) is 16.3 Å². The summed E-state index contributed by atoms with van der Waals surface area (Å²) in [5.41, 5.74) is 3.34. The lowest BCUT2D eigenvalue weighted by molar-refractivity contribution is 0.211. The molecule has 0 fully saturated rings. The smallest absolute Gasteiger partial charge is 0.323 e. The molecule has 0 aliphatic carbocycles. The van der Waals surface area contributed by atoms with Crippen LogP contribution in [0.25, 0.3) is 0 Å². The number of carbonyl (C=O) groups excluding carboxylic acids is 1. The lowest BCUT2D eigenvalue weighted by Gasteiger charge is -2.21. The minimum absolute atomic E-state index is 0.0826. The number of benzene rings is 1. The molecule has 0 spiro atoms. The van der Waals surface area contributed by atoms with Crippen LogP contribution in [0.5, 0.6) is 0 Å². The summed E-state index contributed by atoms with van der Waals surface area (Å²) in [6, 6.07) is 10.1. The summed E-state index contributed by atoms with van der Waals surface area (Å²) >= 11 is 0. The Labute approximate surface area is 136 Å². The highest BCUT2D eigenvalue weighted by molar-refractivity contribution is 5.88. The molecule has 23 heavy (non-hydrogen) atoms. The summed E-state index contributed by atoms with van der Waals surface area (Å²) in [4.78, 5) is 16.7. The lowest BCUT2D eigenvalue weighted by Crippen LogP contribution is -2.37. The fourth-order valence-electron chi connectivity index (χ4n) is 2.87. The van der Waals surface area contributed by atoms with Crippen LogP contribution in [0.1, 0.15) is 18.2 Å². The molecule has 0 saturated heterocycles.